The van der Waals surface area contributed by atoms with E-state index in [1.54, 1.807) is 0 Å². The van der Waals surface area contributed by atoms with Crippen LogP contribution >= 0.6 is 18.2 Å². The molecule has 0 aliphatic heterocycles. The summed E-state index contributed by atoms with van der Waals surface area (Å²) in [6, 6.07) is 0. The van der Waals surface area contributed by atoms with Crippen molar-refractivity contribution in [2.45, 2.75) is 0 Å². The number of rotatable bonds is 2. The lowest BCUT2D eigenvalue weighted by atomic mass is 11.2. The van der Waals surface area contributed by atoms with Crippen LogP contribution in [-0.2, 0) is 9.09 Å². The van der Waals surface area contributed by atoms with Crippen LogP contribution < -0.4 is 0 Å². The molecule has 0 radical (unpaired) electrons. The summed E-state index contributed by atoms with van der Waals surface area (Å²) in [7, 11) is 0. The molecule has 0 rings (SSSR count). The highest BCUT2D eigenvalue weighted by atomic mass is 35.7. The summed E-state index contributed by atoms with van der Waals surface area (Å²) in [6.45, 7) is -0.804. The van der Waals surface area contributed by atoms with Gasteiger partial charge in [0.1, 0.15) is 0 Å². The van der Waals surface area contributed by atoms with E-state index in [4.69, 9.17) is 4.89 Å². The second-order valence-corrected chi connectivity index (χ2v) is 3.12. The van der Waals surface area contributed by atoms with Gasteiger partial charge in [0, 0.05) is 11.2 Å². The van der Waals surface area contributed by atoms with Gasteiger partial charge in [0.2, 0.25) is 0 Å². The molecule has 0 amide bonds. The van der Waals surface area contributed by atoms with Crippen molar-refractivity contribution >= 4 is 18.2 Å². The van der Waals surface area contributed by atoms with Crippen molar-refractivity contribution in [3.8, 4) is 0 Å². The molecular formula is C2H4ClO3P. The Kier molecular flexibility index (Phi) is 2.37. The van der Waals surface area contributed by atoms with E-state index >= 15 is 0 Å². The number of hydrogen-bond donors (Lipinski definition) is 1. The molecule has 0 aromatic heterocycles. The van der Waals surface area contributed by atoms with Crippen LogP contribution in [0.2, 0.25) is 0 Å². The average molecular weight is 142 g/mol. The molecule has 0 saturated heterocycles. The fourth-order valence-electron chi connectivity index (χ4n) is 0.0919. The third-order valence-electron chi connectivity index (χ3n) is 0.205. The van der Waals surface area contributed by atoms with E-state index < -0.39 is 6.95 Å². The zero-order valence-corrected chi connectivity index (χ0v) is 5.02. The lowest BCUT2D eigenvalue weighted by Crippen LogP contribution is -1.66. The molecule has 1 unspecified atom stereocenters. The van der Waals surface area contributed by atoms with Crippen molar-refractivity contribution < 1.29 is 14.0 Å². The van der Waals surface area contributed by atoms with Gasteiger partial charge in [-0.15, -0.1) is 0 Å². The minimum Gasteiger partial charge on any atom is -0.422 e. The lowest BCUT2D eigenvalue weighted by molar-refractivity contribution is 0.369. The van der Waals surface area contributed by atoms with Gasteiger partial charge in [0.05, 0.1) is 6.26 Å². The van der Waals surface area contributed by atoms with Crippen LogP contribution in [0, 0.1) is 0 Å². The average Bonchev–Trinajstić information content (AvgIpc) is 1.30. The van der Waals surface area contributed by atoms with Crippen molar-refractivity contribution in [1.82, 2.24) is 0 Å². The molecule has 0 aliphatic rings. The van der Waals surface area contributed by atoms with E-state index in [0.717, 1.165) is 6.26 Å². The van der Waals surface area contributed by atoms with Gasteiger partial charge in [-0.1, -0.05) is 6.58 Å². The number of halogens is 1. The van der Waals surface area contributed by atoms with Gasteiger partial charge in [-0.3, -0.25) is 0 Å². The van der Waals surface area contributed by atoms with Crippen molar-refractivity contribution in [3.05, 3.63) is 12.8 Å². The van der Waals surface area contributed by atoms with Crippen LogP contribution in [0.4, 0.5) is 0 Å². The minimum atomic E-state index is -3.81. The van der Waals surface area contributed by atoms with Crippen LogP contribution in [0.25, 0.3) is 0 Å². The molecule has 0 aromatic rings. The summed E-state index contributed by atoms with van der Waals surface area (Å²) in [5, 5.41) is 0. The van der Waals surface area contributed by atoms with Gasteiger partial charge in [-0.2, -0.15) is 0 Å². The van der Waals surface area contributed by atoms with Gasteiger partial charge in [0.25, 0.3) is 0 Å². The van der Waals surface area contributed by atoms with E-state index in [9.17, 15) is 4.57 Å². The number of hydrogen-bond acceptors (Lipinski definition) is 2. The molecule has 5 heteroatoms. The maximum absolute atomic E-state index is 9.84. The summed E-state index contributed by atoms with van der Waals surface area (Å²) in [5.74, 6) is 0. The highest BCUT2D eigenvalue weighted by Gasteiger charge is 2.10. The first-order valence-electron chi connectivity index (χ1n) is 1.38. The Morgan fingerprint density at radius 2 is 2.43 bits per heavy atom. The van der Waals surface area contributed by atoms with E-state index in [1.807, 2.05) is 0 Å². The van der Waals surface area contributed by atoms with E-state index in [1.165, 1.54) is 0 Å². The smallest absolute Gasteiger partial charge is 0.422 e. The summed E-state index contributed by atoms with van der Waals surface area (Å²) in [4.78, 5) is 8.05. The molecule has 1 N–H and O–H groups in total. The van der Waals surface area contributed by atoms with Crippen LogP contribution in [0.1, 0.15) is 0 Å². The molecule has 7 heavy (non-hydrogen) atoms. The summed E-state index contributed by atoms with van der Waals surface area (Å²) in [6.07, 6.45) is 0.813. The molecule has 0 aliphatic carbocycles. The Morgan fingerprint density at radius 3 is 2.43 bits per heavy atom. The summed E-state index contributed by atoms with van der Waals surface area (Å²) in [5.41, 5.74) is 0. The fourth-order valence-corrected chi connectivity index (χ4v) is 0.445. The van der Waals surface area contributed by atoms with E-state index in [-0.39, 0.29) is 0 Å². The van der Waals surface area contributed by atoms with Crippen molar-refractivity contribution in [2.24, 2.45) is 0 Å². The zero-order valence-electron chi connectivity index (χ0n) is 3.37. The quantitative estimate of drug-likeness (QED) is 0.469. The highest BCUT2D eigenvalue weighted by Crippen LogP contribution is 2.47. The standard InChI is InChI=1S/C2H4ClO3P/c1-2-6-7(3,4)5/h2H,1H2,(H,4,5). The summed E-state index contributed by atoms with van der Waals surface area (Å²) >= 11 is 4.65. The Morgan fingerprint density at radius 1 is 2.00 bits per heavy atom. The van der Waals surface area contributed by atoms with Crippen molar-refractivity contribution in [3.63, 3.8) is 0 Å². The Balaban J connectivity index is 3.57. The third kappa shape index (κ3) is 6.02. The predicted molar refractivity (Wildman–Crippen MR) is 27.0 cm³/mol. The first-order valence-corrected chi connectivity index (χ1v) is 3.86. The topological polar surface area (TPSA) is 46.5 Å². The van der Waals surface area contributed by atoms with Gasteiger partial charge < -0.3 is 9.42 Å². The first kappa shape index (κ1) is 7.02. The van der Waals surface area contributed by atoms with Gasteiger partial charge in [-0.25, -0.2) is 4.57 Å². The summed E-state index contributed by atoms with van der Waals surface area (Å²) < 4.78 is 13.7. The molecule has 42 valence electrons. The van der Waals surface area contributed by atoms with E-state index in [0.29, 0.717) is 0 Å². The lowest BCUT2D eigenvalue weighted by Gasteiger charge is -1.95. The fraction of sp³-hybridized carbons (Fsp3) is 0. The molecule has 3 nitrogen and oxygen atoms in total. The Labute approximate surface area is 45.9 Å². The first-order chi connectivity index (χ1) is 3.06. The minimum absolute atomic E-state index is 0.813. The Hall–Kier alpha value is 0.0200. The van der Waals surface area contributed by atoms with Crippen LogP contribution in [0.15, 0.2) is 12.8 Å². The maximum atomic E-state index is 9.84. The van der Waals surface area contributed by atoms with Crippen molar-refractivity contribution in [1.29, 1.82) is 0 Å². The van der Waals surface area contributed by atoms with Gasteiger partial charge in [-0.05, 0) is 0 Å². The van der Waals surface area contributed by atoms with Crippen molar-refractivity contribution in [2.75, 3.05) is 0 Å². The van der Waals surface area contributed by atoms with Crippen LogP contribution in [0.3, 0.4) is 0 Å². The molecular weight excluding hydrogens is 138 g/mol. The largest absolute Gasteiger partial charge is 0.473 e. The predicted octanol–water partition coefficient (Wildman–Crippen LogP) is 1.49. The maximum Gasteiger partial charge on any atom is 0.473 e. The van der Waals surface area contributed by atoms with Gasteiger partial charge in [0.15, 0.2) is 0 Å². The highest BCUT2D eigenvalue weighted by molar-refractivity contribution is 7.80. The zero-order chi connectivity index (χ0) is 5.91. The second kappa shape index (κ2) is 2.36. The van der Waals surface area contributed by atoms with Crippen LogP contribution in [-0.4, -0.2) is 4.89 Å². The second-order valence-electron chi connectivity index (χ2n) is 0.724. The normalized spacial score (nSPS) is 17.4. The van der Waals surface area contributed by atoms with Gasteiger partial charge >= 0.3 is 6.95 Å². The SMILES string of the molecule is C=COP(=O)(O)Cl. The Bertz CT molecular complexity index is 106. The third-order valence-corrected chi connectivity index (χ3v) is 0.853. The molecule has 0 spiro atoms. The molecule has 0 aromatic carbocycles. The monoisotopic (exact) mass is 142 g/mol. The molecule has 0 bridgehead atoms. The molecule has 0 fully saturated rings. The van der Waals surface area contributed by atoms with E-state index in [2.05, 4.69) is 22.3 Å². The molecule has 0 heterocycles. The molecule has 1 atom stereocenters. The molecule has 0 saturated carbocycles. The van der Waals surface area contributed by atoms with Crippen LogP contribution in [0.5, 0.6) is 0 Å².